The lowest BCUT2D eigenvalue weighted by Crippen LogP contribution is -2.32. The van der Waals surface area contributed by atoms with Gasteiger partial charge in [-0.1, -0.05) is 23.8 Å². The molecule has 4 N–H and O–H groups in total. The number of fused-ring (bicyclic) bond motifs is 2. The third kappa shape index (κ3) is 6.19. The van der Waals surface area contributed by atoms with Crippen LogP contribution in [0, 0.1) is 6.92 Å². The Morgan fingerprint density at radius 2 is 1.82 bits per heavy atom. The Hall–Kier alpha value is -2.28. The minimum absolute atomic E-state index is 0. The van der Waals surface area contributed by atoms with Gasteiger partial charge < -0.3 is 20.8 Å². The summed E-state index contributed by atoms with van der Waals surface area (Å²) in [6, 6.07) is 5.69. The normalized spacial score (nSPS) is 20.9. The molecule has 2 heterocycles. The van der Waals surface area contributed by atoms with Crippen LogP contribution in [0.5, 0.6) is 5.75 Å². The van der Waals surface area contributed by atoms with Crippen LogP contribution in [-0.4, -0.2) is 23.0 Å². The van der Waals surface area contributed by atoms with Gasteiger partial charge in [0.25, 0.3) is 11.5 Å². The number of hydrogen-bond donors (Lipinski definition) is 3. The van der Waals surface area contributed by atoms with Crippen LogP contribution >= 0.6 is 24.0 Å². The number of rotatable bonds is 2. The number of carbonyl (C=O) groups excluding carboxylic acids is 1. The Morgan fingerprint density at radius 3 is 2.58 bits per heavy atom. The fourth-order valence-electron chi connectivity index (χ4n) is 4.54. The summed E-state index contributed by atoms with van der Waals surface area (Å²) in [6.45, 7) is 2.03. The van der Waals surface area contributed by atoms with E-state index >= 15 is 0 Å². The molecule has 1 saturated carbocycles. The van der Waals surface area contributed by atoms with E-state index in [1.807, 2.05) is 13.0 Å². The number of carbonyl (C=O) groups is 1. The van der Waals surface area contributed by atoms with Crippen LogP contribution < -0.4 is 21.3 Å². The number of amides is 1. The molecule has 0 unspecified atom stereocenters. The van der Waals surface area contributed by atoms with Gasteiger partial charge in [0.05, 0.1) is 6.10 Å². The first-order chi connectivity index (χ1) is 15.4. The molecule has 0 radical (unpaired) electrons. The van der Waals surface area contributed by atoms with Crippen molar-refractivity contribution in [2.24, 2.45) is 5.73 Å². The van der Waals surface area contributed by atoms with Gasteiger partial charge in [0.1, 0.15) is 5.75 Å². The molecule has 0 saturated heterocycles. The number of aromatic nitrogens is 1. The number of benzene rings is 1. The number of aryl methyl sites for hydroxylation is 2. The highest BCUT2D eigenvalue weighted by Crippen LogP contribution is 2.32. The van der Waals surface area contributed by atoms with Crippen LogP contribution in [0.25, 0.3) is 0 Å². The first kappa shape index (κ1) is 25.3. The van der Waals surface area contributed by atoms with Gasteiger partial charge in [-0.25, -0.2) is 0 Å². The molecular weight excluding hydrogens is 461 g/mol. The molecule has 1 aromatic carbocycles. The number of hydrogen-bond acceptors (Lipinski definition) is 4. The zero-order valence-corrected chi connectivity index (χ0v) is 20.4. The number of halogens is 2. The molecule has 4 rings (SSSR count). The Labute approximate surface area is 205 Å². The highest BCUT2D eigenvalue weighted by molar-refractivity contribution is 6.31. The second-order valence-corrected chi connectivity index (χ2v) is 9.20. The van der Waals surface area contributed by atoms with Crippen molar-refractivity contribution < 1.29 is 9.53 Å². The fourth-order valence-corrected chi connectivity index (χ4v) is 4.75. The molecule has 1 aromatic heterocycles. The van der Waals surface area contributed by atoms with Gasteiger partial charge >= 0.3 is 0 Å². The lowest BCUT2D eigenvalue weighted by atomic mass is 9.93. The highest BCUT2D eigenvalue weighted by atomic mass is 35.5. The summed E-state index contributed by atoms with van der Waals surface area (Å²) < 4.78 is 6.34. The average Bonchev–Trinajstić information content (AvgIpc) is 2.74. The fraction of sp³-hybridized carbons (Fsp3) is 0.440. The van der Waals surface area contributed by atoms with Gasteiger partial charge in [-0.15, -0.1) is 12.4 Å². The molecule has 1 aliphatic carbocycles. The van der Waals surface area contributed by atoms with E-state index in [-0.39, 0.29) is 42.6 Å². The van der Waals surface area contributed by atoms with Crippen molar-refractivity contribution in [2.75, 3.05) is 0 Å². The summed E-state index contributed by atoms with van der Waals surface area (Å²) >= 11 is 6.38. The molecule has 6 nitrogen and oxygen atoms in total. The standard InChI is InChI=1S/C25H30ClN3O3.ClH/c1-15-11-16-5-3-2-4-6-20-21(24(30)28-14-22(16)25(31)29-15)12-17(26)13-23(20)32-19-9-7-18(27)8-10-19;/h2,4,11-13,18-19H,3,5-10,14,27H2,1H3,(H,28,30)(H,29,31);1H/t18-,19-;. The lowest BCUT2D eigenvalue weighted by molar-refractivity contribution is 0.0948. The molecule has 0 bridgehead atoms. The number of aromatic amines is 1. The maximum atomic E-state index is 13.2. The topological polar surface area (TPSA) is 97.2 Å². The van der Waals surface area contributed by atoms with Gasteiger partial charge in [0.15, 0.2) is 0 Å². The van der Waals surface area contributed by atoms with E-state index in [4.69, 9.17) is 22.1 Å². The van der Waals surface area contributed by atoms with E-state index in [1.165, 1.54) is 0 Å². The van der Waals surface area contributed by atoms with E-state index in [9.17, 15) is 9.59 Å². The molecule has 1 aliphatic heterocycles. The summed E-state index contributed by atoms with van der Waals surface area (Å²) in [7, 11) is 0. The summed E-state index contributed by atoms with van der Waals surface area (Å²) in [4.78, 5) is 28.5. The predicted molar refractivity (Wildman–Crippen MR) is 134 cm³/mol. The van der Waals surface area contributed by atoms with Crippen molar-refractivity contribution in [2.45, 2.75) is 70.6 Å². The van der Waals surface area contributed by atoms with Crippen LogP contribution in [-0.2, 0) is 19.4 Å². The van der Waals surface area contributed by atoms with E-state index in [0.717, 1.165) is 55.3 Å². The third-order valence-corrected chi connectivity index (χ3v) is 6.51. The van der Waals surface area contributed by atoms with Gasteiger partial charge in [-0.3, -0.25) is 9.59 Å². The zero-order chi connectivity index (χ0) is 22.7. The van der Waals surface area contributed by atoms with Crippen LogP contribution in [0.4, 0.5) is 0 Å². The number of nitrogens with two attached hydrogens (primary N) is 1. The lowest BCUT2D eigenvalue weighted by Gasteiger charge is -2.28. The van der Waals surface area contributed by atoms with Gasteiger partial charge in [-0.05, 0) is 75.6 Å². The number of ether oxygens (including phenoxy) is 1. The molecule has 1 fully saturated rings. The van der Waals surface area contributed by atoms with Crippen molar-refractivity contribution in [3.63, 3.8) is 0 Å². The summed E-state index contributed by atoms with van der Waals surface area (Å²) in [5.74, 6) is 0.386. The van der Waals surface area contributed by atoms with Crippen molar-refractivity contribution in [3.05, 3.63) is 73.7 Å². The molecule has 178 valence electrons. The van der Waals surface area contributed by atoms with Crippen LogP contribution in [0.3, 0.4) is 0 Å². The molecular formula is C25H31Cl2N3O3. The average molecular weight is 492 g/mol. The van der Waals surface area contributed by atoms with Crippen LogP contribution in [0.2, 0.25) is 5.02 Å². The summed E-state index contributed by atoms with van der Waals surface area (Å²) in [5.41, 5.74) is 9.54. The summed E-state index contributed by atoms with van der Waals surface area (Å²) in [5, 5.41) is 3.37. The molecule has 0 spiro atoms. The minimum Gasteiger partial charge on any atom is -0.490 e. The smallest absolute Gasteiger partial charge is 0.253 e. The maximum absolute atomic E-state index is 13.2. The Kier molecular flexibility index (Phi) is 8.63. The SMILES string of the molecule is Cc1cc2c(c(=O)[nH]1)CNC(=O)c1cc(Cl)cc(O[C@H]3CC[C@H](N)CC3)c1CC=CCC2.Cl. The van der Waals surface area contributed by atoms with Crippen molar-refractivity contribution in [3.8, 4) is 5.75 Å². The van der Waals surface area contributed by atoms with Crippen LogP contribution in [0.15, 0.2) is 35.1 Å². The van der Waals surface area contributed by atoms with Crippen LogP contribution in [0.1, 0.15) is 64.8 Å². The van der Waals surface area contributed by atoms with E-state index in [2.05, 4.69) is 22.5 Å². The van der Waals surface area contributed by atoms with E-state index < -0.39 is 0 Å². The monoisotopic (exact) mass is 491 g/mol. The second-order valence-electron chi connectivity index (χ2n) is 8.77. The van der Waals surface area contributed by atoms with E-state index in [1.54, 1.807) is 12.1 Å². The molecule has 8 heteroatoms. The molecule has 0 atom stereocenters. The minimum atomic E-state index is -0.266. The number of nitrogens with one attached hydrogen (secondary N) is 2. The Morgan fingerprint density at radius 1 is 1.06 bits per heavy atom. The van der Waals surface area contributed by atoms with Gasteiger partial charge in [0.2, 0.25) is 0 Å². The number of pyridine rings is 1. The zero-order valence-electron chi connectivity index (χ0n) is 18.8. The van der Waals surface area contributed by atoms with Gasteiger partial charge in [-0.2, -0.15) is 0 Å². The Balaban J connectivity index is 0.00000306. The predicted octanol–water partition coefficient (Wildman–Crippen LogP) is 4.38. The largest absolute Gasteiger partial charge is 0.490 e. The van der Waals surface area contributed by atoms with Crippen molar-refractivity contribution in [1.82, 2.24) is 10.3 Å². The third-order valence-electron chi connectivity index (χ3n) is 6.29. The molecule has 2 aromatic rings. The van der Waals surface area contributed by atoms with Gasteiger partial charge in [0, 0.05) is 40.0 Å². The maximum Gasteiger partial charge on any atom is 0.253 e. The summed E-state index contributed by atoms with van der Waals surface area (Å²) in [6.07, 6.45) is 10.00. The first-order valence-corrected chi connectivity index (χ1v) is 11.7. The van der Waals surface area contributed by atoms with E-state index in [0.29, 0.717) is 28.3 Å². The van der Waals surface area contributed by atoms with Crippen molar-refractivity contribution >= 4 is 29.9 Å². The second kappa shape index (κ2) is 11.2. The quantitative estimate of drug-likeness (QED) is 0.542. The number of H-pyrrole nitrogens is 1. The molecule has 33 heavy (non-hydrogen) atoms. The Bertz CT molecular complexity index is 1090. The highest BCUT2D eigenvalue weighted by Gasteiger charge is 2.23. The van der Waals surface area contributed by atoms with Crippen molar-refractivity contribution in [1.29, 1.82) is 0 Å². The molecule has 2 aliphatic rings. The first-order valence-electron chi connectivity index (χ1n) is 11.3. The number of allylic oxidation sites excluding steroid dienone is 2. The molecule has 1 amide bonds.